The summed E-state index contributed by atoms with van der Waals surface area (Å²) in [6, 6.07) is 3.19. The van der Waals surface area contributed by atoms with Crippen molar-refractivity contribution in [2.45, 2.75) is 19.3 Å². The first kappa shape index (κ1) is 9.65. The average Bonchev–Trinajstić information content (AvgIpc) is 2.28. The molecule has 2 N–H and O–H groups in total. The predicted octanol–water partition coefficient (Wildman–Crippen LogP) is 1.55. The Kier molecular flexibility index (Phi) is 1.93. The highest BCUT2D eigenvalue weighted by molar-refractivity contribution is 9.10. The van der Waals surface area contributed by atoms with Gasteiger partial charge in [-0.1, -0.05) is 15.9 Å². The molecule has 0 bridgehead atoms. The Hall–Kier alpha value is -0.900. The Morgan fingerprint density at radius 1 is 1.43 bits per heavy atom. The van der Waals surface area contributed by atoms with Crippen molar-refractivity contribution in [2.75, 3.05) is 0 Å². The van der Waals surface area contributed by atoms with E-state index >= 15 is 0 Å². The summed E-state index contributed by atoms with van der Waals surface area (Å²) in [7, 11) is 0. The second kappa shape index (κ2) is 2.79. The number of aliphatic hydroxyl groups is 1. The lowest BCUT2D eigenvalue weighted by Gasteiger charge is -2.12. The lowest BCUT2D eigenvalue weighted by molar-refractivity contribution is -0.365. The third kappa shape index (κ3) is 1.17. The van der Waals surface area contributed by atoms with E-state index in [0.717, 1.165) is 5.56 Å². The summed E-state index contributed by atoms with van der Waals surface area (Å²) in [6.45, 7) is 3.68. The zero-order valence-corrected chi connectivity index (χ0v) is 9.44. The Morgan fingerprint density at radius 3 is 2.71 bits per heavy atom. The first-order valence-electron chi connectivity index (χ1n) is 4.26. The third-order valence-corrected chi connectivity index (χ3v) is 3.02. The fourth-order valence-corrected chi connectivity index (χ4v) is 2.03. The molecule has 1 aromatic rings. The van der Waals surface area contributed by atoms with Gasteiger partial charge < -0.3 is 5.11 Å². The van der Waals surface area contributed by atoms with Crippen molar-refractivity contribution in [3.05, 3.63) is 28.0 Å². The van der Waals surface area contributed by atoms with Gasteiger partial charge in [0.1, 0.15) is 5.41 Å². The topological polar surface area (TPSA) is 34.2 Å². The molecule has 0 saturated heterocycles. The maximum Gasteiger partial charge on any atom is 0.348 e. The second-order valence-electron chi connectivity index (χ2n) is 3.91. The standard InChI is InChI=1S/C10H9BrFNO/c1-10(2)6-3-5(11)4-7(12)8(6)13-9(10)14/h3-4H,1-2H3,(H,13,14)/p+1. The van der Waals surface area contributed by atoms with E-state index in [9.17, 15) is 9.50 Å². The van der Waals surface area contributed by atoms with Gasteiger partial charge in [-0.05, 0) is 26.0 Å². The molecule has 0 unspecified atom stereocenters. The number of halogens is 2. The molecule has 1 heterocycles. The summed E-state index contributed by atoms with van der Waals surface area (Å²) < 4.78 is 14.1. The maximum absolute atomic E-state index is 13.5. The van der Waals surface area contributed by atoms with Crippen LogP contribution in [0.1, 0.15) is 19.4 Å². The molecule has 0 saturated carbocycles. The molecule has 0 radical (unpaired) electrons. The lowest BCUT2D eigenvalue weighted by Crippen LogP contribution is -2.66. The minimum atomic E-state index is -0.542. The van der Waals surface area contributed by atoms with E-state index in [1.807, 2.05) is 19.9 Å². The van der Waals surface area contributed by atoms with Crippen LogP contribution < -0.4 is 4.99 Å². The Labute approximate surface area is 89.6 Å². The Morgan fingerprint density at radius 2 is 2.07 bits per heavy atom. The maximum atomic E-state index is 13.5. The van der Waals surface area contributed by atoms with Gasteiger partial charge in [0.25, 0.3) is 0 Å². The average molecular weight is 259 g/mol. The van der Waals surface area contributed by atoms with Crippen LogP contribution in [0.25, 0.3) is 0 Å². The van der Waals surface area contributed by atoms with Crippen molar-refractivity contribution in [1.29, 1.82) is 0 Å². The number of hydrogen-bond acceptors (Lipinski definition) is 0. The molecule has 0 atom stereocenters. The monoisotopic (exact) mass is 258 g/mol. The molecule has 0 aliphatic carbocycles. The molecule has 2 rings (SSSR count). The summed E-state index contributed by atoms with van der Waals surface area (Å²) >= 11 is 3.23. The van der Waals surface area contributed by atoms with E-state index in [4.69, 9.17) is 0 Å². The largest absolute Gasteiger partial charge is 0.463 e. The summed E-state index contributed by atoms with van der Waals surface area (Å²) in [5, 5.41) is 9.62. The smallest absolute Gasteiger partial charge is 0.348 e. The summed E-state index contributed by atoms with van der Waals surface area (Å²) in [6.07, 6.45) is 0. The van der Waals surface area contributed by atoms with Gasteiger partial charge in [-0.2, -0.15) is 9.38 Å². The van der Waals surface area contributed by atoms with Crippen LogP contribution in [-0.4, -0.2) is 11.0 Å². The normalized spacial score (nSPS) is 17.9. The summed E-state index contributed by atoms with van der Waals surface area (Å²) in [5.74, 6) is -0.268. The van der Waals surface area contributed by atoms with Crippen LogP contribution in [0.5, 0.6) is 0 Å². The van der Waals surface area contributed by atoms with Crippen LogP contribution in [0.15, 0.2) is 16.6 Å². The van der Waals surface area contributed by atoms with E-state index in [0.29, 0.717) is 10.2 Å². The van der Waals surface area contributed by atoms with Gasteiger partial charge in [-0.15, -0.1) is 0 Å². The zero-order valence-electron chi connectivity index (χ0n) is 7.86. The number of benzene rings is 1. The van der Waals surface area contributed by atoms with E-state index < -0.39 is 5.41 Å². The van der Waals surface area contributed by atoms with E-state index in [2.05, 4.69) is 20.9 Å². The molecular formula is C10H10BrFNO+. The minimum absolute atomic E-state index is 0.0875. The number of aliphatic hydroxyl groups excluding tert-OH is 1. The summed E-state index contributed by atoms with van der Waals surface area (Å²) in [4.78, 5) is 2.66. The molecule has 74 valence electrons. The minimum Gasteiger partial charge on any atom is -0.463 e. The molecule has 14 heavy (non-hydrogen) atoms. The van der Waals surface area contributed by atoms with Gasteiger partial charge in [0, 0.05) is 10.0 Å². The van der Waals surface area contributed by atoms with E-state index in [-0.39, 0.29) is 11.7 Å². The highest BCUT2D eigenvalue weighted by atomic mass is 79.9. The molecule has 4 heteroatoms. The molecule has 1 aliphatic heterocycles. The highest BCUT2D eigenvalue weighted by Crippen LogP contribution is 2.34. The molecule has 0 fully saturated rings. The molecule has 0 aromatic heterocycles. The Balaban J connectivity index is 2.73. The highest BCUT2D eigenvalue weighted by Gasteiger charge is 2.43. The Bertz CT molecular complexity index is 440. The molecule has 1 aliphatic rings. The predicted molar refractivity (Wildman–Crippen MR) is 55.4 cm³/mol. The van der Waals surface area contributed by atoms with Crippen molar-refractivity contribution < 1.29 is 14.5 Å². The SMILES string of the molecule is CC1(C)C(O)=[NH+]c2c(F)cc(Br)cc21. The van der Waals surface area contributed by atoms with Crippen LogP contribution >= 0.6 is 15.9 Å². The molecule has 0 spiro atoms. The first-order chi connectivity index (χ1) is 6.43. The number of rotatable bonds is 0. The van der Waals surface area contributed by atoms with E-state index in [1.165, 1.54) is 6.07 Å². The van der Waals surface area contributed by atoms with Gasteiger partial charge in [-0.25, -0.2) is 0 Å². The lowest BCUT2D eigenvalue weighted by atomic mass is 9.86. The van der Waals surface area contributed by atoms with Crippen LogP contribution in [0, 0.1) is 5.82 Å². The summed E-state index contributed by atoms with van der Waals surface area (Å²) in [5.41, 5.74) is 0.595. The van der Waals surface area contributed by atoms with Crippen molar-refractivity contribution in [3.63, 3.8) is 0 Å². The number of nitrogens with one attached hydrogen (secondary N) is 1. The van der Waals surface area contributed by atoms with Gasteiger partial charge in [0.15, 0.2) is 5.82 Å². The van der Waals surface area contributed by atoms with Gasteiger partial charge in [0.05, 0.1) is 0 Å². The van der Waals surface area contributed by atoms with Gasteiger partial charge >= 0.3 is 5.90 Å². The van der Waals surface area contributed by atoms with Crippen LogP contribution in [0.2, 0.25) is 0 Å². The quantitative estimate of drug-likeness (QED) is 0.728. The molecule has 1 aromatic carbocycles. The van der Waals surface area contributed by atoms with E-state index in [1.54, 1.807) is 0 Å². The number of fused-ring (bicyclic) bond motifs is 1. The zero-order chi connectivity index (χ0) is 10.5. The van der Waals surface area contributed by atoms with Crippen molar-refractivity contribution in [2.24, 2.45) is 0 Å². The van der Waals surface area contributed by atoms with Gasteiger partial charge in [0.2, 0.25) is 5.69 Å². The fraction of sp³-hybridized carbons (Fsp3) is 0.300. The van der Waals surface area contributed by atoms with Crippen molar-refractivity contribution in [3.8, 4) is 0 Å². The van der Waals surface area contributed by atoms with Crippen LogP contribution in [0.3, 0.4) is 0 Å². The fourth-order valence-electron chi connectivity index (χ4n) is 1.60. The van der Waals surface area contributed by atoms with Crippen LogP contribution in [-0.2, 0) is 5.41 Å². The van der Waals surface area contributed by atoms with Gasteiger partial charge in [-0.3, -0.25) is 0 Å². The third-order valence-electron chi connectivity index (χ3n) is 2.56. The van der Waals surface area contributed by atoms with Crippen molar-refractivity contribution in [1.82, 2.24) is 0 Å². The molecule has 2 nitrogen and oxygen atoms in total. The first-order valence-corrected chi connectivity index (χ1v) is 5.05. The van der Waals surface area contributed by atoms with Crippen molar-refractivity contribution >= 4 is 27.5 Å². The second-order valence-corrected chi connectivity index (χ2v) is 4.82. The molecular weight excluding hydrogens is 249 g/mol. The van der Waals surface area contributed by atoms with Crippen LogP contribution in [0.4, 0.5) is 10.1 Å². The number of hydrogen-bond donors (Lipinski definition) is 2. The molecule has 0 amide bonds.